The molecule has 0 spiro atoms. The number of pyridine rings is 1. The molecule has 0 unspecified atom stereocenters. The Balaban J connectivity index is 1.73. The van der Waals surface area contributed by atoms with E-state index in [1.165, 1.54) is 0 Å². The van der Waals surface area contributed by atoms with E-state index < -0.39 is 0 Å². The van der Waals surface area contributed by atoms with Gasteiger partial charge in [0.15, 0.2) is 0 Å². The Kier molecular flexibility index (Phi) is 4.17. The van der Waals surface area contributed by atoms with Gasteiger partial charge in [-0.2, -0.15) is 0 Å². The van der Waals surface area contributed by atoms with Crippen LogP contribution in [-0.2, 0) is 4.79 Å². The van der Waals surface area contributed by atoms with Crippen molar-refractivity contribution in [1.82, 2.24) is 14.8 Å². The highest BCUT2D eigenvalue weighted by molar-refractivity contribution is 6.05. The second kappa shape index (κ2) is 6.38. The van der Waals surface area contributed by atoms with Crippen molar-refractivity contribution in [2.45, 2.75) is 51.1 Å². The summed E-state index contributed by atoms with van der Waals surface area (Å²) in [5.74, 6) is 0.0953. The van der Waals surface area contributed by atoms with Crippen LogP contribution >= 0.6 is 0 Å². The molecular formula is C21H25N3O2. The third-order valence-electron chi connectivity index (χ3n) is 6.17. The largest absolute Gasteiger partial charge is 0.335 e. The molecule has 2 atom stereocenters. The number of benzene rings is 1. The molecule has 2 aliphatic rings. The monoisotopic (exact) mass is 351 g/mol. The van der Waals surface area contributed by atoms with Crippen molar-refractivity contribution < 1.29 is 9.59 Å². The number of amides is 2. The summed E-state index contributed by atoms with van der Waals surface area (Å²) in [7, 11) is 0. The van der Waals surface area contributed by atoms with E-state index in [2.05, 4.69) is 11.9 Å². The standard InChI is InChI=1S/C21H25N3O2/c1-15(25)24-14-5-9-18-21(24,2)11-6-13-23(18)20(26)19-17-8-4-3-7-16(17)10-12-22-19/h3-4,7-8,10,12,18H,5-6,9,11,13-14H2,1-2H3/t18-,21-/m0/s1. The van der Waals surface area contributed by atoms with Crippen LogP contribution in [0.3, 0.4) is 0 Å². The number of fused-ring (bicyclic) bond motifs is 2. The molecule has 136 valence electrons. The fraction of sp³-hybridized carbons (Fsp3) is 0.476. The number of hydrogen-bond donors (Lipinski definition) is 0. The molecule has 2 fully saturated rings. The predicted molar refractivity (Wildman–Crippen MR) is 101 cm³/mol. The number of rotatable bonds is 1. The molecule has 0 saturated carbocycles. The van der Waals surface area contributed by atoms with Crippen LogP contribution in [0.1, 0.15) is 50.0 Å². The average molecular weight is 351 g/mol. The van der Waals surface area contributed by atoms with Crippen LogP contribution in [0.25, 0.3) is 10.8 Å². The van der Waals surface area contributed by atoms with Crippen LogP contribution in [0.4, 0.5) is 0 Å². The van der Waals surface area contributed by atoms with Crippen molar-refractivity contribution in [3.05, 3.63) is 42.2 Å². The molecule has 2 amide bonds. The lowest BCUT2D eigenvalue weighted by Gasteiger charge is -2.56. The van der Waals surface area contributed by atoms with Crippen molar-refractivity contribution >= 4 is 22.6 Å². The van der Waals surface area contributed by atoms with E-state index in [-0.39, 0.29) is 23.4 Å². The van der Waals surface area contributed by atoms with Crippen LogP contribution in [0.2, 0.25) is 0 Å². The first-order chi connectivity index (χ1) is 12.5. The van der Waals surface area contributed by atoms with Gasteiger partial charge in [0.05, 0.1) is 11.6 Å². The summed E-state index contributed by atoms with van der Waals surface area (Å²) >= 11 is 0. The zero-order valence-corrected chi connectivity index (χ0v) is 15.4. The first kappa shape index (κ1) is 17.0. The molecule has 2 aliphatic heterocycles. The molecule has 0 N–H and O–H groups in total. The van der Waals surface area contributed by atoms with Crippen molar-refractivity contribution in [3.63, 3.8) is 0 Å². The molecule has 0 bridgehead atoms. The van der Waals surface area contributed by atoms with Gasteiger partial charge in [0.25, 0.3) is 5.91 Å². The van der Waals surface area contributed by atoms with Gasteiger partial charge < -0.3 is 9.80 Å². The molecular weight excluding hydrogens is 326 g/mol. The Hall–Kier alpha value is -2.43. The molecule has 5 heteroatoms. The smallest absolute Gasteiger partial charge is 0.273 e. The van der Waals surface area contributed by atoms with Gasteiger partial charge in [0.2, 0.25) is 5.91 Å². The van der Waals surface area contributed by atoms with Crippen molar-refractivity contribution in [1.29, 1.82) is 0 Å². The van der Waals surface area contributed by atoms with Gasteiger partial charge in [-0.15, -0.1) is 0 Å². The highest BCUT2D eigenvalue weighted by Crippen LogP contribution is 2.39. The van der Waals surface area contributed by atoms with E-state index in [4.69, 9.17) is 0 Å². The Morgan fingerprint density at radius 3 is 2.77 bits per heavy atom. The lowest BCUT2D eigenvalue weighted by atomic mass is 9.76. The van der Waals surface area contributed by atoms with Gasteiger partial charge in [0.1, 0.15) is 5.69 Å². The minimum Gasteiger partial charge on any atom is -0.335 e. The van der Waals surface area contributed by atoms with Gasteiger partial charge in [-0.3, -0.25) is 14.6 Å². The van der Waals surface area contributed by atoms with Gasteiger partial charge in [-0.05, 0) is 44.1 Å². The van der Waals surface area contributed by atoms with Crippen LogP contribution in [0.15, 0.2) is 36.5 Å². The Labute approximate surface area is 154 Å². The topological polar surface area (TPSA) is 53.5 Å². The van der Waals surface area contributed by atoms with Gasteiger partial charge in [0, 0.05) is 31.6 Å². The van der Waals surface area contributed by atoms with E-state index in [0.717, 1.165) is 49.5 Å². The van der Waals surface area contributed by atoms with E-state index in [0.29, 0.717) is 5.69 Å². The van der Waals surface area contributed by atoms with Gasteiger partial charge >= 0.3 is 0 Å². The zero-order chi connectivity index (χ0) is 18.3. The van der Waals surface area contributed by atoms with Gasteiger partial charge in [-0.25, -0.2) is 0 Å². The molecule has 1 aromatic heterocycles. The Morgan fingerprint density at radius 1 is 1.15 bits per heavy atom. The molecule has 4 rings (SSSR count). The highest BCUT2D eigenvalue weighted by Gasteiger charge is 2.49. The third-order valence-corrected chi connectivity index (χ3v) is 6.17. The highest BCUT2D eigenvalue weighted by atomic mass is 16.2. The van der Waals surface area contributed by atoms with E-state index >= 15 is 0 Å². The maximum Gasteiger partial charge on any atom is 0.273 e. The lowest BCUT2D eigenvalue weighted by Crippen LogP contribution is -2.68. The summed E-state index contributed by atoms with van der Waals surface area (Å²) in [4.78, 5) is 34.0. The average Bonchev–Trinajstić information content (AvgIpc) is 2.65. The number of aromatic nitrogens is 1. The number of piperidine rings is 2. The number of nitrogens with zero attached hydrogens (tertiary/aromatic N) is 3. The first-order valence-electron chi connectivity index (χ1n) is 9.45. The zero-order valence-electron chi connectivity index (χ0n) is 15.4. The molecule has 26 heavy (non-hydrogen) atoms. The van der Waals surface area contributed by atoms with Crippen molar-refractivity contribution in [2.75, 3.05) is 13.1 Å². The molecule has 0 radical (unpaired) electrons. The summed E-state index contributed by atoms with van der Waals surface area (Å²) in [6, 6.07) is 9.87. The molecule has 2 saturated heterocycles. The Bertz CT molecular complexity index is 860. The molecule has 3 heterocycles. The summed E-state index contributed by atoms with van der Waals surface area (Å²) < 4.78 is 0. The summed E-state index contributed by atoms with van der Waals surface area (Å²) in [6.07, 6.45) is 5.45. The van der Waals surface area contributed by atoms with Crippen LogP contribution in [-0.4, -0.2) is 51.3 Å². The number of likely N-dealkylation sites (tertiary alicyclic amines) is 2. The second-order valence-electron chi connectivity index (χ2n) is 7.67. The van der Waals surface area contributed by atoms with Crippen LogP contribution in [0, 0.1) is 0 Å². The van der Waals surface area contributed by atoms with E-state index in [1.807, 2.05) is 40.1 Å². The number of carbonyl (C=O) groups excluding carboxylic acids is 2. The third kappa shape index (κ3) is 2.57. The summed E-state index contributed by atoms with van der Waals surface area (Å²) in [5, 5.41) is 1.92. The normalized spacial score (nSPS) is 25.8. The maximum absolute atomic E-state index is 13.4. The van der Waals surface area contributed by atoms with E-state index in [9.17, 15) is 9.59 Å². The first-order valence-corrected chi connectivity index (χ1v) is 9.45. The minimum absolute atomic E-state index is 0.0110. The second-order valence-corrected chi connectivity index (χ2v) is 7.67. The van der Waals surface area contributed by atoms with Gasteiger partial charge in [-0.1, -0.05) is 24.3 Å². The lowest BCUT2D eigenvalue weighted by molar-refractivity contribution is -0.143. The SMILES string of the molecule is CC(=O)N1CCC[C@@H]2N(C(=O)c3nccc4ccccc34)CCC[C@@]21C. The molecule has 0 aliphatic carbocycles. The molecule has 2 aromatic rings. The summed E-state index contributed by atoms with van der Waals surface area (Å²) in [5.41, 5.74) is 0.245. The number of hydrogen-bond acceptors (Lipinski definition) is 3. The van der Waals surface area contributed by atoms with Crippen LogP contribution in [0.5, 0.6) is 0 Å². The summed E-state index contributed by atoms with van der Waals surface area (Å²) in [6.45, 7) is 5.31. The number of carbonyl (C=O) groups is 2. The quantitative estimate of drug-likeness (QED) is 0.792. The van der Waals surface area contributed by atoms with Crippen molar-refractivity contribution in [2.24, 2.45) is 0 Å². The molecule has 5 nitrogen and oxygen atoms in total. The van der Waals surface area contributed by atoms with Crippen LogP contribution < -0.4 is 0 Å². The fourth-order valence-electron chi connectivity index (χ4n) is 4.93. The molecule has 1 aromatic carbocycles. The van der Waals surface area contributed by atoms with Crippen molar-refractivity contribution in [3.8, 4) is 0 Å². The predicted octanol–water partition coefficient (Wildman–Crippen LogP) is 3.24. The Morgan fingerprint density at radius 2 is 1.96 bits per heavy atom. The van der Waals surface area contributed by atoms with E-state index in [1.54, 1.807) is 13.1 Å². The minimum atomic E-state index is -0.275. The maximum atomic E-state index is 13.4. The fourth-order valence-corrected chi connectivity index (χ4v) is 4.93.